The Labute approximate surface area is 212 Å². The van der Waals surface area contributed by atoms with Crippen molar-refractivity contribution in [1.82, 2.24) is 0 Å². The molecular weight excluding hydrogens is 498 g/mol. The predicted octanol–water partition coefficient (Wildman–Crippen LogP) is -0.135. The maximum atomic E-state index is 11.9. The zero-order chi connectivity index (χ0) is 27.7. The van der Waals surface area contributed by atoms with E-state index in [2.05, 4.69) is 0 Å². The van der Waals surface area contributed by atoms with E-state index in [0.29, 0.717) is 0 Å². The van der Waals surface area contributed by atoms with Gasteiger partial charge in [0.2, 0.25) is 0 Å². The van der Waals surface area contributed by atoms with Gasteiger partial charge in [-0.2, -0.15) is 5.26 Å². The van der Waals surface area contributed by atoms with E-state index >= 15 is 0 Å². The van der Waals surface area contributed by atoms with Crippen molar-refractivity contribution < 1.29 is 61.9 Å². The van der Waals surface area contributed by atoms with Crippen LogP contribution in [0.5, 0.6) is 0 Å². The Morgan fingerprint density at radius 3 is 1.73 bits per heavy atom. The molecule has 1 fully saturated rings. The Kier molecular flexibility index (Phi) is 11.0. The summed E-state index contributed by atoms with van der Waals surface area (Å²) < 4.78 is 43.5. The molecule has 0 radical (unpaired) electrons. The third-order valence-corrected chi connectivity index (χ3v) is 4.98. The standard InChI is InChI=1S/C23H29NO13/c1-11(25)30-9-18-17(7-6-16(8-24)35-18)36-23-22(34-15(5)29)21(33-14(4)28)20(32-13(3)27)19(37-23)10-31-12(2)26/h6-7,16-23H,9-10H2,1-5H3/t16-,17+,18-,19-,20-,21+,22-,23-/m1/s1. The minimum atomic E-state index is -1.47. The fourth-order valence-electron chi connectivity index (χ4n) is 3.64. The predicted molar refractivity (Wildman–Crippen MR) is 117 cm³/mol. The number of hydrogen-bond acceptors (Lipinski definition) is 14. The van der Waals surface area contributed by atoms with Crippen LogP contribution in [0.15, 0.2) is 12.2 Å². The van der Waals surface area contributed by atoms with Crippen LogP contribution in [0, 0.1) is 11.3 Å². The Bertz CT molecular complexity index is 941. The SMILES string of the molecule is CC(=O)OC[C@H]1O[C@@H](O[C@H]2C=C[C@H](C#N)O[C@@H]2COC(C)=O)[C@H](OC(C)=O)[C@@H](OC(C)=O)[C@@H]1OC(C)=O. The highest BCUT2D eigenvalue weighted by atomic mass is 16.7. The first-order valence-corrected chi connectivity index (χ1v) is 11.2. The maximum absolute atomic E-state index is 11.9. The summed E-state index contributed by atoms with van der Waals surface area (Å²) in [5.74, 6) is -3.63. The molecule has 0 aromatic rings. The topological polar surface area (TPSA) is 183 Å². The highest BCUT2D eigenvalue weighted by molar-refractivity contribution is 5.68. The van der Waals surface area contributed by atoms with Gasteiger partial charge >= 0.3 is 29.8 Å². The van der Waals surface area contributed by atoms with Crippen LogP contribution in [0.3, 0.4) is 0 Å². The lowest BCUT2D eigenvalue weighted by molar-refractivity contribution is -0.320. The molecule has 0 saturated carbocycles. The molecule has 204 valence electrons. The van der Waals surface area contributed by atoms with Gasteiger partial charge in [0.05, 0.1) is 6.07 Å². The zero-order valence-corrected chi connectivity index (χ0v) is 20.9. The molecule has 1 saturated heterocycles. The summed E-state index contributed by atoms with van der Waals surface area (Å²) in [4.78, 5) is 58.5. The summed E-state index contributed by atoms with van der Waals surface area (Å²) in [5.41, 5.74) is 0. The Hall–Kier alpha value is -3.54. The molecular formula is C23H29NO13. The van der Waals surface area contributed by atoms with Crippen molar-refractivity contribution >= 4 is 29.8 Å². The summed E-state index contributed by atoms with van der Waals surface area (Å²) in [5, 5.41) is 9.21. The second kappa shape index (κ2) is 13.7. The van der Waals surface area contributed by atoms with Gasteiger partial charge in [0.1, 0.15) is 31.5 Å². The molecule has 0 amide bonds. The molecule has 0 aliphatic carbocycles. The van der Waals surface area contributed by atoms with Gasteiger partial charge in [0.25, 0.3) is 0 Å². The first-order valence-electron chi connectivity index (χ1n) is 11.2. The van der Waals surface area contributed by atoms with Gasteiger partial charge in [0, 0.05) is 34.6 Å². The van der Waals surface area contributed by atoms with Crippen molar-refractivity contribution in [2.24, 2.45) is 0 Å². The molecule has 2 aliphatic heterocycles. The molecule has 0 aromatic carbocycles. The molecule has 2 heterocycles. The number of nitriles is 1. The Balaban J connectivity index is 2.44. The van der Waals surface area contributed by atoms with Crippen molar-refractivity contribution in [3.63, 3.8) is 0 Å². The van der Waals surface area contributed by atoms with Gasteiger partial charge in [0.15, 0.2) is 30.7 Å². The third kappa shape index (κ3) is 9.12. The summed E-state index contributed by atoms with van der Waals surface area (Å²) in [6.07, 6.45) is -6.93. The average Bonchev–Trinajstić information content (AvgIpc) is 2.79. The second-order valence-corrected chi connectivity index (χ2v) is 8.08. The van der Waals surface area contributed by atoms with E-state index in [1.54, 1.807) is 0 Å². The van der Waals surface area contributed by atoms with Crippen molar-refractivity contribution in [2.45, 2.75) is 83.6 Å². The van der Waals surface area contributed by atoms with Crippen LogP contribution in [-0.2, 0) is 61.9 Å². The van der Waals surface area contributed by atoms with Crippen LogP contribution < -0.4 is 0 Å². The third-order valence-electron chi connectivity index (χ3n) is 4.98. The molecule has 37 heavy (non-hydrogen) atoms. The molecule has 0 spiro atoms. The highest BCUT2D eigenvalue weighted by Gasteiger charge is 2.53. The second-order valence-electron chi connectivity index (χ2n) is 8.08. The smallest absolute Gasteiger partial charge is 0.303 e. The van der Waals surface area contributed by atoms with E-state index in [9.17, 15) is 29.2 Å². The molecule has 0 bridgehead atoms. The normalized spacial score (nSPS) is 30.8. The van der Waals surface area contributed by atoms with Crippen molar-refractivity contribution in [3.05, 3.63) is 12.2 Å². The summed E-state index contributed by atoms with van der Waals surface area (Å²) in [6, 6.07) is 1.91. The summed E-state index contributed by atoms with van der Waals surface area (Å²) >= 11 is 0. The van der Waals surface area contributed by atoms with Gasteiger partial charge in [-0.25, -0.2) is 0 Å². The van der Waals surface area contributed by atoms with Crippen LogP contribution in [0.25, 0.3) is 0 Å². The fourth-order valence-corrected chi connectivity index (χ4v) is 3.64. The number of rotatable bonds is 9. The summed E-state index contributed by atoms with van der Waals surface area (Å²) in [7, 11) is 0. The Morgan fingerprint density at radius 1 is 0.703 bits per heavy atom. The van der Waals surface area contributed by atoms with Crippen LogP contribution in [0.1, 0.15) is 34.6 Å². The lowest BCUT2D eigenvalue weighted by atomic mass is 9.97. The molecule has 2 aliphatic rings. The van der Waals surface area contributed by atoms with E-state index in [-0.39, 0.29) is 6.61 Å². The molecule has 8 atom stereocenters. The zero-order valence-electron chi connectivity index (χ0n) is 20.9. The van der Waals surface area contributed by atoms with E-state index in [4.69, 9.17) is 37.9 Å². The molecule has 0 aromatic heterocycles. The van der Waals surface area contributed by atoms with Crippen LogP contribution in [-0.4, -0.2) is 92.1 Å². The largest absolute Gasteiger partial charge is 0.463 e. The summed E-state index contributed by atoms with van der Waals surface area (Å²) in [6.45, 7) is 4.92. The van der Waals surface area contributed by atoms with Crippen molar-refractivity contribution in [1.29, 1.82) is 5.26 Å². The van der Waals surface area contributed by atoms with Crippen LogP contribution in [0.4, 0.5) is 0 Å². The number of carbonyl (C=O) groups excluding carboxylic acids is 5. The molecule has 2 rings (SSSR count). The average molecular weight is 527 g/mol. The van der Waals surface area contributed by atoms with Crippen molar-refractivity contribution in [2.75, 3.05) is 13.2 Å². The van der Waals surface area contributed by atoms with Gasteiger partial charge in [-0.15, -0.1) is 0 Å². The number of ether oxygens (including phenoxy) is 8. The monoisotopic (exact) mass is 527 g/mol. The van der Waals surface area contributed by atoms with Gasteiger partial charge in [-0.3, -0.25) is 24.0 Å². The van der Waals surface area contributed by atoms with Gasteiger partial charge in [-0.1, -0.05) is 6.08 Å². The maximum Gasteiger partial charge on any atom is 0.303 e. The minimum Gasteiger partial charge on any atom is -0.463 e. The number of nitrogens with zero attached hydrogens (tertiary/aromatic N) is 1. The van der Waals surface area contributed by atoms with Gasteiger partial charge in [-0.05, 0) is 6.08 Å². The quantitative estimate of drug-likeness (QED) is 0.219. The first kappa shape index (κ1) is 29.7. The molecule has 0 unspecified atom stereocenters. The lowest BCUT2D eigenvalue weighted by Gasteiger charge is -2.45. The Morgan fingerprint density at radius 2 is 1.22 bits per heavy atom. The fraction of sp³-hybridized carbons (Fsp3) is 0.652. The number of carbonyl (C=O) groups is 5. The number of hydrogen-bond donors (Lipinski definition) is 0. The van der Waals surface area contributed by atoms with E-state index in [1.165, 1.54) is 19.1 Å². The lowest BCUT2D eigenvalue weighted by Crippen LogP contribution is -2.63. The molecule has 0 N–H and O–H groups in total. The van der Waals surface area contributed by atoms with Gasteiger partial charge < -0.3 is 37.9 Å². The first-order chi connectivity index (χ1) is 17.4. The van der Waals surface area contributed by atoms with Crippen LogP contribution >= 0.6 is 0 Å². The molecule has 14 heteroatoms. The molecule has 14 nitrogen and oxygen atoms in total. The van der Waals surface area contributed by atoms with E-state index in [1.807, 2.05) is 6.07 Å². The number of esters is 5. The highest BCUT2D eigenvalue weighted by Crippen LogP contribution is 2.32. The van der Waals surface area contributed by atoms with Crippen molar-refractivity contribution in [3.8, 4) is 6.07 Å². The minimum absolute atomic E-state index is 0.284. The van der Waals surface area contributed by atoms with E-state index < -0.39 is 85.5 Å². The van der Waals surface area contributed by atoms with E-state index in [0.717, 1.165) is 27.7 Å². The van der Waals surface area contributed by atoms with Crippen LogP contribution in [0.2, 0.25) is 0 Å².